The molecule has 1 nitrogen and oxygen atoms in total. The zero-order valence-electron chi connectivity index (χ0n) is 8.76. The van der Waals surface area contributed by atoms with Crippen molar-refractivity contribution in [2.24, 2.45) is 5.92 Å². The van der Waals surface area contributed by atoms with E-state index in [0.29, 0.717) is 0 Å². The highest BCUT2D eigenvalue weighted by Crippen LogP contribution is 2.29. The molecule has 0 aliphatic heterocycles. The van der Waals surface area contributed by atoms with E-state index >= 15 is 0 Å². The number of rotatable bonds is 2. The van der Waals surface area contributed by atoms with Crippen LogP contribution in [-0.4, -0.2) is 25.5 Å². The van der Waals surface area contributed by atoms with Gasteiger partial charge in [-0.05, 0) is 56.1 Å². The van der Waals surface area contributed by atoms with Gasteiger partial charge in [0, 0.05) is 11.0 Å². The number of nitrogens with zero attached hydrogens (tertiary/aromatic N) is 1. The predicted octanol–water partition coefficient (Wildman–Crippen LogP) is 2.73. The summed E-state index contributed by atoms with van der Waals surface area (Å²) < 4.78 is 1.21. The van der Waals surface area contributed by atoms with Crippen LogP contribution in [0.4, 0.5) is 0 Å². The van der Waals surface area contributed by atoms with E-state index in [-0.39, 0.29) is 0 Å². The van der Waals surface area contributed by atoms with Crippen molar-refractivity contribution < 1.29 is 0 Å². The van der Waals surface area contributed by atoms with Gasteiger partial charge in [0.05, 0.1) is 0 Å². The zero-order chi connectivity index (χ0) is 10.1. The molecule has 2 rings (SSSR count). The Hall–Kier alpha value is -0.340. The van der Waals surface area contributed by atoms with Gasteiger partial charge in [-0.1, -0.05) is 22.0 Å². The topological polar surface area (TPSA) is 3.24 Å². The standard InChI is InChI=1S/C12H16BrN/c1-14(2)8-9-5-10-3-4-12(13)7-11(10)6-9/h3-4,7,9H,5-6,8H2,1-2H3. The average molecular weight is 254 g/mol. The quantitative estimate of drug-likeness (QED) is 0.784. The molecule has 0 spiro atoms. The Morgan fingerprint density at radius 3 is 2.71 bits per heavy atom. The number of hydrogen-bond donors (Lipinski definition) is 0. The summed E-state index contributed by atoms with van der Waals surface area (Å²) in [6.07, 6.45) is 2.49. The molecule has 1 aromatic rings. The molecule has 0 saturated carbocycles. The summed E-state index contributed by atoms with van der Waals surface area (Å²) >= 11 is 3.53. The molecule has 0 aromatic heterocycles. The third kappa shape index (κ3) is 2.18. The molecular formula is C12H16BrN. The number of halogens is 1. The van der Waals surface area contributed by atoms with Crippen LogP contribution in [0.15, 0.2) is 22.7 Å². The van der Waals surface area contributed by atoms with Crippen molar-refractivity contribution in [1.29, 1.82) is 0 Å². The van der Waals surface area contributed by atoms with Gasteiger partial charge in [0.1, 0.15) is 0 Å². The Morgan fingerprint density at radius 1 is 1.29 bits per heavy atom. The third-order valence-corrected chi connectivity index (χ3v) is 3.30. The van der Waals surface area contributed by atoms with E-state index in [1.165, 1.54) is 29.4 Å². The molecule has 0 heterocycles. The Kier molecular flexibility index (Phi) is 2.93. The van der Waals surface area contributed by atoms with E-state index in [1.54, 1.807) is 5.56 Å². The van der Waals surface area contributed by atoms with Crippen molar-refractivity contribution in [2.75, 3.05) is 20.6 Å². The van der Waals surface area contributed by atoms with Crippen LogP contribution in [0.1, 0.15) is 11.1 Å². The second-order valence-corrected chi connectivity index (χ2v) is 5.37. The number of hydrogen-bond acceptors (Lipinski definition) is 1. The van der Waals surface area contributed by atoms with Crippen LogP contribution in [0, 0.1) is 5.92 Å². The minimum Gasteiger partial charge on any atom is -0.309 e. The average Bonchev–Trinajstić information content (AvgIpc) is 2.44. The van der Waals surface area contributed by atoms with Gasteiger partial charge in [-0.2, -0.15) is 0 Å². The Labute approximate surface area is 94.2 Å². The fraction of sp³-hybridized carbons (Fsp3) is 0.500. The minimum atomic E-state index is 0.814. The summed E-state index contributed by atoms with van der Waals surface area (Å²) in [4.78, 5) is 2.28. The second-order valence-electron chi connectivity index (χ2n) is 4.45. The van der Waals surface area contributed by atoms with Crippen molar-refractivity contribution in [3.8, 4) is 0 Å². The van der Waals surface area contributed by atoms with E-state index in [9.17, 15) is 0 Å². The van der Waals surface area contributed by atoms with Crippen LogP contribution < -0.4 is 0 Å². The molecule has 1 atom stereocenters. The maximum atomic E-state index is 3.53. The number of fused-ring (bicyclic) bond motifs is 1. The van der Waals surface area contributed by atoms with Gasteiger partial charge >= 0.3 is 0 Å². The molecule has 1 aliphatic carbocycles. The lowest BCUT2D eigenvalue weighted by Crippen LogP contribution is -2.21. The van der Waals surface area contributed by atoms with E-state index in [4.69, 9.17) is 0 Å². The van der Waals surface area contributed by atoms with E-state index in [0.717, 1.165) is 5.92 Å². The molecular weight excluding hydrogens is 238 g/mol. The molecule has 76 valence electrons. The van der Waals surface area contributed by atoms with E-state index in [2.05, 4.69) is 53.1 Å². The van der Waals surface area contributed by atoms with Gasteiger partial charge in [-0.15, -0.1) is 0 Å². The molecule has 0 fully saturated rings. The van der Waals surface area contributed by atoms with E-state index < -0.39 is 0 Å². The lowest BCUT2D eigenvalue weighted by Gasteiger charge is -2.14. The molecule has 1 unspecified atom stereocenters. The Bertz CT molecular complexity index is 333. The minimum absolute atomic E-state index is 0.814. The van der Waals surface area contributed by atoms with Gasteiger partial charge in [-0.25, -0.2) is 0 Å². The maximum absolute atomic E-state index is 3.53. The molecule has 0 amide bonds. The third-order valence-electron chi connectivity index (χ3n) is 2.81. The molecule has 0 saturated heterocycles. The summed E-state index contributed by atoms with van der Waals surface area (Å²) in [5.74, 6) is 0.814. The van der Waals surface area contributed by atoms with Gasteiger partial charge in [0.2, 0.25) is 0 Å². The Morgan fingerprint density at radius 2 is 2.00 bits per heavy atom. The van der Waals surface area contributed by atoms with Crippen LogP contribution in [-0.2, 0) is 12.8 Å². The van der Waals surface area contributed by atoms with Crippen molar-refractivity contribution in [2.45, 2.75) is 12.8 Å². The smallest absolute Gasteiger partial charge is 0.0178 e. The van der Waals surface area contributed by atoms with Crippen LogP contribution >= 0.6 is 15.9 Å². The lowest BCUT2D eigenvalue weighted by molar-refractivity contribution is 0.332. The molecule has 0 N–H and O–H groups in total. The first kappa shape index (κ1) is 10.2. The highest BCUT2D eigenvalue weighted by molar-refractivity contribution is 9.10. The van der Waals surface area contributed by atoms with E-state index in [1.807, 2.05) is 0 Å². The summed E-state index contributed by atoms with van der Waals surface area (Å²) in [5.41, 5.74) is 3.08. The molecule has 1 aliphatic rings. The van der Waals surface area contributed by atoms with Crippen LogP contribution in [0.5, 0.6) is 0 Å². The molecule has 2 heteroatoms. The summed E-state index contributed by atoms with van der Waals surface area (Å²) in [6, 6.07) is 6.68. The second kappa shape index (κ2) is 4.03. The SMILES string of the molecule is CN(C)CC1Cc2ccc(Br)cc2C1. The normalized spacial score (nSPS) is 20.1. The van der Waals surface area contributed by atoms with Gasteiger partial charge in [0.15, 0.2) is 0 Å². The van der Waals surface area contributed by atoms with Gasteiger partial charge in [-0.3, -0.25) is 0 Å². The monoisotopic (exact) mass is 253 g/mol. The molecule has 1 aromatic carbocycles. The van der Waals surface area contributed by atoms with Crippen molar-refractivity contribution in [1.82, 2.24) is 4.90 Å². The highest BCUT2D eigenvalue weighted by atomic mass is 79.9. The first-order chi connectivity index (χ1) is 6.65. The van der Waals surface area contributed by atoms with Crippen LogP contribution in [0.2, 0.25) is 0 Å². The summed E-state index contributed by atoms with van der Waals surface area (Å²) in [6.45, 7) is 1.20. The molecule has 0 radical (unpaired) electrons. The first-order valence-corrected chi connectivity index (χ1v) is 5.86. The molecule has 0 bridgehead atoms. The number of benzene rings is 1. The fourth-order valence-electron chi connectivity index (χ4n) is 2.32. The summed E-state index contributed by atoms with van der Waals surface area (Å²) in [5, 5.41) is 0. The van der Waals surface area contributed by atoms with Crippen molar-refractivity contribution >= 4 is 15.9 Å². The van der Waals surface area contributed by atoms with Crippen LogP contribution in [0.3, 0.4) is 0 Å². The maximum Gasteiger partial charge on any atom is 0.0178 e. The van der Waals surface area contributed by atoms with Gasteiger partial charge < -0.3 is 4.90 Å². The predicted molar refractivity (Wildman–Crippen MR) is 63.6 cm³/mol. The van der Waals surface area contributed by atoms with Crippen molar-refractivity contribution in [3.05, 3.63) is 33.8 Å². The molecule has 14 heavy (non-hydrogen) atoms. The fourth-order valence-corrected chi connectivity index (χ4v) is 2.73. The van der Waals surface area contributed by atoms with Gasteiger partial charge in [0.25, 0.3) is 0 Å². The largest absolute Gasteiger partial charge is 0.309 e. The van der Waals surface area contributed by atoms with Crippen LogP contribution in [0.25, 0.3) is 0 Å². The summed E-state index contributed by atoms with van der Waals surface area (Å²) in [7, 11) is 4.30. The first-order valence-electron chi connectivity index (χ1n) is 5.07. The lowest BCUT2D eigenvalue weighted by atomic mass is 10.1. The van der Waals surface area contributed by atoms with Crippen molar-refractivity contribution in [3.63, 3.8) is 0 Å². The highest BCUT2D eigenvalue weighted by Gasteiger charge is 2.21. The zero-order valence-corrected chi connectivity index (χ0v) is 10.3. The Balaban J connectivity index is 2.10.